The smallest absolute Gasteiger partial charge is 0.270 e. The van der Waals surface area contributed by atoms with E-state index in [4.69, 9.17) is 4.52 Å². The molecule has 1 aliphatic rings. The zero-order chi connectivity index (χ0) is 15.5. The molecule has 0 aliphatic heterocycles. The first-order valence-corrected chi connectivity index (χ1v) is 7.46. The Labute approximate surface area is 129 Å². The average Bonchev–Trinajstić information content (AvgIpc) is 2.90. The molecule has 0 bridgehead atoms. The molecule has 0 fully saturated rings. The highest BCUT2D eigenvalue weighted by Gasteiger charge is 2.27. The maximum Gasteiger partial charge on any atom is 0.270 e. The number of hydrogen-bond acceptors (Lipinski definition) is 5. The Morgan fingerprint density at radius 2 is 2.32 bits per heavy atom. The fourth-order valence-electron chi connectivity index (χ4n) is 2.77. The minimum absolute atomic E-state index is 0.0994. The van der Waals surface area contributed by atoms with Gasteiger partial charge in [0.05, 0.1) is 0 Å². The molecule has 2 heterocycles. The number of carbonyl (C=O) groups excluding carboxylic acids is 1. The van der Waals surface area contributed by atoms with Crippen LogP contribution in [0, 0.1) is 0 Å². The molecule has 0 radical (unpaired) electrons. The second-order valence-corrected chi connectivity index (χ2v) is 5.90. The summed E-state index contributed by atoms with van der Waals surface area (Å²) < 4.78 is 5.42. The Morgan fingerprint density at radius 1 is 1.45 bits per heavy atom. The molecule has 6 nitrogen and oxygen atoms in total. The number of fused-ring (bicyclic) bond motifs is 1. The normalized spacial score (nSPS) is 17.3. The summed E-state index contributed by atoms with van der Waals surface area (Å²) in [6.07, 6.45) is 4.06. The second kappa shape index (κ2) is 6.27. The molecule has 1 atom stereocenters. The van der Waals surface area contributed by atoms with Crippen molar-refractivity contribution >= 4 is 5.91 Å². The maximum atomic E-state index is 12.2. The quantitative estimate of drug-likeness (QED) is 0.924. The molecule has 0 aromatic carbocycles. The number of nitrogens with one attached hydrogen (secondary N) is 1. The van der Waals surface area contributed by atoms with Crippen LogP contribution in [0.15, 0.2) is 28.9 Å². The van der Waals surface area contributed by atoms with Crippen LogP contribution in [0.25, 0.3) is 0 Å². The van der Waals surface area contributed by atoms with Gasteiger partial charge in [0.25, 0.3) is 5.91 Å². The van der Waals surface area contributed by atoms with E-state index in [0.29, 0.717) is 5.69 Å². The van der Waals surface area contributed by atoms with Gasteiger partial charge in [-0.25, -0.2) is 0 Å². The minimum Gasteiger partial charge on any atom is -0.361 e. The first kappa shape index (κ1) is 14.7. The minimum atomic E-state index is -0.125. The van der Waals surface area contributed by atoms with Crippen molar-refractivity contribution in [3.63, 3.8) is 0 Å². The van der Waals surface area contributed by atoms with E-state index in [1.807, 2.05) is 20.2 Å². The number of nitrogens with zero attached hydrogens (tertiary/aromatic N) is 3. The van der Waals surface area contributed by atoms with Gasteiger partial charge in [-0.15, -0.1) is 0 Å². The summed E-state index contributed by atoms with van der Waals surface area (Å²) >= 11 is 0. The molecule has 1 amide bonds. The van der Waals surface area contributed by atoms with Crippen molar-refractivity contribution in [2.24, 2.45) is 0 Å². The molecule has 2 aromatic rings. The molecule has 116 valence electrons. The van der Waals surface area contributed by atoms with Crippen molar-refractivity contribution in [3.8, 4) is 0 Å². The van der Waals surface area contributed by atoms with Crippen LogP contribution in [0.3, 0.4) is 0 Å². The third kappa shape index (κ3) is 3.17. The lowest BCUT2D eigenvalue weighted by Gasteiger charge is -2.22. The van der Waals surface area contributed by atoms with Gasteiger partial charge >= 0.3 is 0 Å². The highest BCUT2D eigenvalue weighted by molar-refractivity contribution is 5.92. The van der Waals surface area contributed by atoms with E-state index in [1.165, 1.54) is 0 Å². The maximum absolute atomic E-state index is 12.2. The Morgan fingerprint density at radius 3 is 3.05 bits per heavy atom. The number of hydrogen-bond donors (Lipinski definition) is 1. The standard InChI is InChI=1S/C16H20N4O2/c1-20(2)10-14-12-9-11(6-7-15(12)22-19-14)18-16(21)13-5-3-4-8-17-13/h3-5,8,11H,6-7,9-10H2,1-2H3,(H,18,21). The van der Waals surface area contributed by atoms with Crippen LogP contribution in [-0.2, 0) is 19.4 Å². The largest absolute Gasteiger partial charge is 0.361 e. The third-order valence-electron chi connectivity index (χ3n) is 3.82. The van der Waals surface area contributed by atoms with E-state index >= 15 is 0 Å². The van der Waals surface area contributed by atoms with Crippen LogP contribution in [0.2, 0.25) is 0 Å². The van der Waals surface area contributed by atoms with Crippen molar-refractivity contribution in [1.29, 1.82) is 0 Å². The number of aryl methyl sites for hydroxylation is 1. The van der Waals surface area contributed by atoms with Crippen molar-refractivity contribution in [2.75, 3.05) is 14.1 Å². The van der Waals surface area contributed by atoms with Crippen LogP contribution in [0.4, 0.5) is 0 Å². The zero-order valence-corrected chi connectivity index (χ0v) is 12.9. The average molecular weight is 300 g/mol. The topological polar surface area (TPSA) is 71.3 Å². The molecule has 22 heavy (non-hydrogen) atoms. The van der Waals surface area contributed by atoms with Crippen molar-refractivity contribution in [2.45, 2.75) is 31.8 Å². The van der Waals surface area contributed by atoms with Crippen LogP contribution in [-0.4, -0.2) is 41.1 Å². The van der Waals surface area contributed by atoms with Gasteiger partial charge in [-0.1, -0.05) is 11.2 Å². The SMILES string of the molecule is CN(C)Cc1noc2c1CC(NC(=O)c1ccccn1)CC2. The van der Waals surface area contributed by atoms with Crippen LogP contribution < -0.4 is 5.32 Å². The fraction of sp³-hybridized carbons (Fsp3) is 0.438. The lowest BCUT2D eigenvalue weighted by Crippen LogP contribution is -2.39. The van der Waals surface area contributed by atoms with Crippen LogP contribution in [0.5, 0.6) is 0 Å². The number of carbonyl (C=O) groups is 1. The monoisotopic (exact) mass is 300 g/mol. The van der Waals surface area contributed by atoms with Crippen molar-refractivity contribution < 1.29 is 9.32 Å². The summed E-state index contributed by atoms with van der Waals surface area (Å²) in [6.45, 7) is 0.750. The summed E-state index contributed by atoms with van der Waals surface area (Å²) in [7, 11) is 4.01. The van der Waals surface area contributed by atoms with Gasteiger partial charge in [-0.2, -0.15) is 0 Å². The van der Waals surface area contributed by atoms with Crippen LogP contribution >= 0.6 is 0 Å². The lowest BCUT2D eigenvalue weighted by atomic mass is 9.92. The predicted molar refractivity (Wildman–Crippen MR) is 81.4 cm³/mol. The van der Waals surface area contributed by atoms with E-state index in [1.54, 1.807) is 18.3 Å². The Balaban J connectivity index is 1.69. The summed E-state index contributed by atoms with van der Waals surface area (Å²) in [5.41, 5.74) is 2.56. The number of amides is 1. The van der Waals surface area contributed by atoms with Gasteiger partial charge in [-0.3, -0.25) is 9.78 Å². The number of pyridine rings is 1. The summed E-state index contributed by atoms with van der Waals surface area (Å²) in [4.78, 5) is 18.4. The highest BCUT2D eigenvalue weighted by Crippen LogP contribution is 2.25. The fourth-order valence-corrected chi connectivity index (χ4v) is 2.77. The van der Waals surface area contributed by atoms with Crippen molar-refractivity contribution in [1.82, 2.24) is 20.4 Å². The van der Waals surface area contributed by atoms with Gasteiger partial charge in [-0.05, 0) is 39.1 Å². The molecule has 3 rings (SSSR count). The van der Waals surface area contributed by atoms with E-state index in [-0.39, 0.29) is 11.9 Å². The van der Waals surface area contributed by atoms with E-state index in [9.17, 15) is 4.79 Å². The summed E-state index contributed by atoms with van der Waals surface area (Å²) in [6, 6.07) is 5.44. The summed E-state index contributed by atoms with van der Waals surface area (Å²) in [5, 5.41) is 7.23. The molecular formula is C16H20N4O2. The van der Waals surface area contributed by atoms with Gasteiger partial charge in [0, 0.05) is 30.8 Å². The van der Waals surface area contributed by atoms with E-state index in [0.717, 1.165) is 42.8 Å². The van der Waals surface area contributed by atoms with Gasteiger partial charge < -0.3 is 14.7 Å². The van der Waals surface area contributed by atoms with Crippen molar-refractivity contribution in [3.05, 3.63) is 47.1 Å². The first-order chi connectivity index (χ1) is 10.6. The molecule has 1 N–H and O–H groups in total. The molecule has 1 aliphatic carbocycles. The zero-order valence-electron chi connectivity index (χ0n) is 12.9. The van der Waals surface area contributed by atoms with E-state index in [2.05, 4.69) is 20.4 Å². The Hall–Kier alpha value is -2.21. The van der Waals surface area contributed by atoms with Gasteiger partial charge in [0.2, 0.25) is 0 Å². The van der Waals surface area contributed by atoms with Crippen LogP contribution in [0.1, 0.15) is 33.9 Å². The molecule has 2 aromatic heterocycles. The number of aromatic nitrogens is 2. The molecule has 6 heteroatoms. The first-order valence-electron chi connectivity index (χ1n) is 7.46. The second-order valence-electron chi connectivity index (χ2n) is 5.90. The van der Waals surface area contributed by atoms with Gasteiger partial charge in [0.1, 0.15) is 17.1 Å². The summed E-state index contributed by atoms with van der Waals surface area (Å²) in [5.74, 6) is 0.833. The Bertz CT molecular complexity index is 651. The Kier molecular flexibility index (Phi) is 4.20. The third-order valence-corrected chi connectivity index (χ3v) is 3.82. The highest BCUT2D eigenvalue weighted by atomic mass is 16.5. The number of rotatable bonds is 4. The molecule has 1 unspecified atom stereocenters. The predicted octanol–water partition coefficient (Wildman–Crippen LogP) is 1.42. The van der Waals surface area contributed by atoms with Gasteiger partial charge in [0.15, 0.2) is 0 Å². The molecule has 0 saturated heterocycles. The molecular weight excluding hydrogens is 280 g/mol. The molecule has 0 saturated carbocycles. The lowest BCUT2D eigenvalue weighted by molar-refractivity contribution is 0.0927. The molecule has 0 spiro atoms. The van der Waals surface area contributed by atoms with E-state index < -0.39 is 0 Å².